The van der Waals surface area contributed by atoms with Crippen molar-refractivity contribution >= 4 is 46.9 Å². The Labute approximate surface area is 196 Å². The molecule has 0 saturated carbocycles. The first-order chi connectivity index (χ1) is 15.9. The predicted molar refractivity (Wildman–Crippen MR) is 133 cm³/mol. The number of carbonyl (C=O) groups excluding carboxylic acids is 2. The second-order valence-corrected chi connectivity index (χ2v) is 7.97. The second-order valence-electron chi connectivity index (χ2n) is 7.57. The molecule has 7 heteroatoms. The van der Waals surface area contributed by atoms with Crippen LogP contribution in [0.5, 0.6) is 0 Å². The summed E-state index contributed by atoms with van der Waals surface area (Å²) >= 11 is 4.32. The number of benzene rings is 4. The van der Waals surface area contributed by atoms with E-state index in [4.69, 9.17) is 0 Å². The third kappa shape index (κ3) is 5.15. The molecule has 33 heavy (non-hydrogen) atoms. The fraction of sp³-hybridized carbons (Fsp3) is 0.0769. The predicted octanol–water partition coefficient (Wildman–Crippen LogP) is 6.35. The summed E-state index contributed by atoms with van der Waals surface area (Å²) in [7, 11) is 0. The quantitative estimate of drug-likeness (QED) is 0.304. The third-order valence-corrected chi connectivity index (χ3v) is 5.71. The average Bonchev–Trinajstić information content (AvgIpc) is 2.84. The average molecular weight is 460 g/mol. The van der Waals surface area contributed by atoms with Gasteiger partial charge in [0.2, 0.25) is 0 Å². The van der Waals surface area contributed by atoms with Crippen LogP contribution in [0.2, 0.25) is 0 Å². The first-order valence-electron chi connectivity index (χ1n) is 10.4. The molecule has 4 aromatic rings. The number of carbonyl (C=O) groups is 2. The minimum Gasteiger partial charge on any atom is -0.330 e. The Morgan fingerprint density at radius 3 is 2.27 bits per heavy atom. The van der Waals surface area contributed by atoms with E-state index in [0.717, 1.165) is 16.3 Å². The normalized spacial score (nSPS) is 11.6. The molecule has 0 aromatic heterocycles. The molecule has 0 aliphatic rings. The van der Waals surface area contributed by atoms with Gasteiger partial charge in [0, 0.05) is 5.69 Å². The summed E-state index contributed by atoms with van der Waals surface area (Å²) in [5.74, 6) is -1.14. The van der Waals surface area contributed by atoms with Gasteiger partial charge in [-0.3, -0.25) is 4.79 Å². The highest BCUT2D eigenvalue weighted by molar-refractivity contribution is 7.82. The Bertz CT molecular complexity index is 1310. The van der Waals surface area contributed by atoms with Crippen LogP contribution in [-0.2, 0) is 0 Å². The summed E-state index contributed by atoms with van der Waals surface area (Å²) in [6.07, 6.45) is 0. The summed E-state index contributed by atoms with van der Waals surface area (Å²) < 4.78 is 15.0. The van der Waals surface area contributed by atoms with Crippen molar-refractivity contribution in [2.24, 2.45) is 0 Å². The van der Waals surface area contributed by atoms with Crippen LogP contribution in [0.4, 0.5) is 20.6 Å². The molecule has 2 N–H and O–H groups in total. The van der Waals surface area contributed by atoms with Crippen LogP contribution in [0, 0.1) is 5.82 Å². The van der Waals surface area contributed by atoms with Crippen LogP contribution in [0.1, 0.15) is 28.9 Å². The summed E-state index contributed by atoms with van der Waals surface area (Å²) in [4.78, 5) is 25.0. The monoisotopic (exact) mass is 459 g/mol. The van der Waals surface area contributed by atoms with Gasteiger partial charge in [-0.05, 0) is 65.7 Å². The van der Waals surface area contributed by atoms with Crippen LogP contribution >= 0.6 is 12.8 Å². The summed E-state index contributed by atoms with van der Waals surface area (Å²) in [5.41, 5.74) is 1.93. The van der Waals surface area contributed by atoms with Gasteiger partial charge in [0.15, 0.2) is 0 Å². The van der Waals surface area contributed by atoms with Crippen LogP contribution in [0.15, 0.2) is 91.0 Å². The fourth-order valence-electron chi connectivity index (χ4n) is 3.45. The lowest BCUT2D eigenvalue weighted by molar-refractivity contribution is 0.102. The van der Waals surface area contributed by atoms with E-state index in [-0.39, 0.29) is 17.6 Å². The third-order valence-electron chi connectivity index (χ3n) is 5.29. The summed E-state index contributed by atoms with van der Waals surface area (Å²) in [6.45, 7) is 1.91. The molecule has 0 aliphatic heterocycles. The zero-order chi connectivity index (χ0) is 23.4. The maximum Gasteiger partial charge on any atom is 0.332 e. The molecule has 0 heterocycles. The van der Waals surface area contributed by atoms with Gasteiger partial charge in [-0.2, -0.15) is 0 Å². The molecule has 0 fully saturated rings. The molecule has 0 bridgehead atoms. The zero-order valence-corrected chi connectivity index (χ0v) is 18.7. The van der Waals surface area contributed by atoms with Gasteiger partial charge in [0.05, 0.1) is 17.3 Å². The van der Waals surface area contributed by atoms with Gasteiger partial charge in [-0.15, -0.1) is 0 Å². The number of urea groups is 1. The number of hydrogen-bond donors (Lipinski definition) is 3. The summed E-state index contributed by atoms with van der Waals surface area (Å²) in [6, 6.07) is 25.8. The number of anilines is 2. The number of thiol groups is 1. The zero-order valence-electron chi connectivity index (χ0n) is 17.8. The lowest BCUT2D eigenvalue weighted by Crippen LogP contribution is -2.35. The van der Waals surface area contributed by atoms with Gasteiger partial charge in [-0.25, -0.2) is 13.5 Å². The highest BCUT2D eigenvalue weighted by Gasteiger charge is 2.17. The SMILES string of the molecule is CC(NC(=O)N(S)c1ccc(NC(=O)c2ccccc2F)cc1)c1ccc2ccccc2c1. The molecule has 1 unspecified atom stereocenters. The molecule has 166 valence electrons. The molecule has 0 aliphatic carbocycles. The van der Waals surface area contributed by atoms with E-state index in [1.807, 2.05) is 43.3 Å². The van der Waals surface area contributed by atoms with Gasteiger partial charge in [-0.1, -0.05) is 61.3 Å². The van der Waals surface area contributed by atoms with Gasteiger partial charge >= 0.3 is 6.03 Å². The van der Waals surface area contributed by atoms with Crippen LogP contribution in [-0.4, -0.2) is 11.9 Å². The standard InChI is InChI=1S/C26H22FN3O2S/c1-17(19-11-10-18-6-2-3-7-20(18)16-19)28-26(32)30(33)22-14-12-21(13-15-22)29-25(31)23-8-4-5-9-24(23)27/h2-17,33H,1H3,(H,28,32)(H,29,31). The second kappa shape index (κ2) is 9.75. The largest absolute Gasteiger partial charge is 0.332 e. The maximum atomic E-state index is 13.8. The van der Waals surface area contributed by atoms with E-state index in [2.05, 4.69) is 29.5 Å². The highest BCUT2D eigenvalue weighted by atomic mass is 32.1. The molecule has 3 amide bonds. The maximum absolute atomic E-state index is 13.8. The molecule has 4 aromatic carbocycles. The number of hydrogen-bond acceptors (Lipinski definition) is 3. The number of amides is 3. The van der Waals surface area contributed by atoms with Gasteiger partial charge in [0.1, 0.15) is 5.82 Å². The van der Waals surface area contributed by atoms with Crippen molar-refractivity contribution in [3.63, 3.8) is 0 Å². The minimum absolute atomic E-state index is 0.0422. The number of rotatable bonds is 5. The fourth-order valence-corrected chi connectivity index (χ4v) is 3.64. The van der Waals surface area contributed by atoms with Crippen molar-refractivity contribution in [3.05, 3.63) is 108 Å². The smallest absolute Gasteiger partial charge is 0.330 e. The van der Waals surface area contributed by atoms with E-state index in [0.29, 0.717) is 11.4 Å². The van der Waals surface area contributed by atoms with Crippen molar-refractivity contribution < 1.29 is 14.0 Å². The Morgan fingerprint density at radius 2 is 1.55 bits per heavy atom. The van der Waals surface area contributed by atoms with Gasteiger partial charge in [0.25, 0.3) is 5.91 Å². The van der Waals surface area contributed by atoms with E-state index >= 15 is 0 Å². The molecule has 0 saturated heterocycles. The highest BCUT2D eigenvalue weighted by Crippen LogP contribution is 2.23. The number of halogens is 1. The molecule has 1 atom stereocenters. The Balaban J connectivity index is 1.39. The Kier molecular flexibility index (Phi) is 6.60. The van der Waals surface area contributed by atoms with E-state index in [1.165, 1.54) is 22.5 Å². The van der Waals surface area contributed by atoms with E-state index in [1.54, 1.807) is 30.3 Å². The molecular formula is C26H22FN3O2S. The van der Waals surface area contributed by atoms with Crippen LogP contribution < -0.4 is 14.9 Å². The molecule has 0 spiro atoms. The molecule has 4 rings (SSSR count). The Hall–Kier alpha value is -3.84. The Morgan fingerprint density at radius 1 is 0.879 bits per heavy atom. The van der Waals surface area contributed by atoms with E-state index < -0.39 is 11.7 Å². The lowest BCUT2D eigenvalue weighted by atomic mass is 10.0. The van der Waals surface area contributed by atoms with Crippen molar-refractivity contribution in [1.82, 2.24) is 5.32 Å². The number of fused-ring (bicyclic) bond motifs is 1. The van der Waals surface area contributed by atoms with Crippen LogP contribution in [0.25, 0.3) is 10.8 Å². The van der Waals surface area contributed by atoms with Crippen molar-refractivity contribution in [3.8, 4) is 0 Å². The lowest BCUT2D eigenvalue weighted by Gasteiger charge is -2.21. The molecular weight excluding hydrogens is 437 g/mol. The number of nitrogens with zero attached hydrogens (tertiary/aromatic N) is 1. The van der Waals surface area contributed by atoms with Gasteiger partial charge < -0.3 is 10.6 Å². The van der Waals surface area contributed by atoms with Crippen molar-refractivity contribution in [2.75, 3.05) is 9.62 Å². The minimum atomic E-state index is -0.592. The number of nitrogens with one attached hydrogen (secondary N) is 2. The summed E-state index contributed by atoms with van der Waals surface area (Å²) in [5, 5.41) is 7.81. The van der Waals surface area contributed by atoms with Crippen molar-refractivity contribution in [1.29, 1.82) is 0 Å². The topological polar surface area (TPSA) is 61.4 Å². The molecule has 5 nitrogen and oxygen atoms in total. The van der Waals surface area contributed by atoms with E-state index in [9.17, 15) is 14.0 Å². The first-order valence-corrected chi connectivity index (χ1v) is 10.8. The molecule has 0 radical (unpaired) electrons. The van der Waals surface area contributed by atoms with Crippen LogP contribution in [0.3, 0.4) is 0 Å². The first kappa shape index (κ1) is 22.4. The van der Waals surface area contributed by atoms with Crippen molar-refractivity contribution in [2.45, 2.75) is 13.0 Å².